The van der Waals surface area contributed by atoms with Crippen LogP contribution in [0.5, 0.6) is 0 Å². The van der Waals surface area contributed by atoms with Crippen LogP contribution in [0.15, 0.2) is 109 Å². The van der Waals surface area contributed by atoms with Crippen LogP contribution in [0.1, 0.15) is 18.9 Å². The van der Waals surface area contributed by atoms with E-state index in [1.807, 2.05) is 0 Å². The monoisotopic (exact) mass is 482 g/mol. The van der Waals surface area contributed by atoms with E-state index in [0.29, 0.717) is 12.7 Å². The SMILES string of the molecule is CCC1(c2ccccc2P(c2ccccc2)c2ccccc2)C=CC=C1.[Cl][Ni][Cl]. The van der Waals surface area contributed by atoms with Crippen molar-refractivity contribution in [3.63, 3.8) is 0 Å². The van der Waals surface area contributed by atoms with Crippen molar-refractivity contribution < 1.29 is 12.7 Å². The molecule has 1 aliphatic carbocycles. The Morgan fingerprint density at radius 3 is 1.66 bits per heavy atom. The molecule has 0 unspecified atom stereocenters. The third-order valence-corrected chi connectivity index (χ3v) is 7.66. The first-order valence-electron chi connectivity index (χ1n) is 9.45. The second-order valence-electron chi connectivity index (χ2n) is 6.68. The van der Waals surface area contributed by atoms with Crippen LogP contribution in [0.25, 0.3) is 0 Å². The van der Waals surface area contributed by atoms with Gasteiger partial charge in [0.05, 0.1) is 0 Å². The fraction of sp³-hybridized carbons (Fsp3) is 0.120. The van der Waals surface area contributed by atoms with Gasteiger partial charge in [0.2, 0.25) is 0 Å². The number of halogens is 2. The minimum atomic E-state index is -0.588. The van der Waals surface area contributed by atoms with E-state index in [-0.39, 0.29) is 5.41 Å². The molecule has 0 nitrogen and oxygen atoms in total. The molecule has 3 aromatic carbocycles. The fourth-order valence-electron chi connectivity index (χ4n) is 3.76. The van der Waals surface area contributed by atoms with Gasteiger partial charge in [-0.25, -0.2) is 0 Å². The van der Waals surface area contributed by atoms with Gasteiger partial charge in [-0.3, -0.25) is 0 Å². The summed E-state index contributed by atoms with van der Waals surface area (Å²) < 4.78 is 0. The predicted molar refractivity (Wildman–Crippen MR) is 127 cm³/mol. The van der Waals surface area contributed by atoms with Crippen LogP contribution in [0.4, 0.5) is 0 Å². The number of allylic oxidation sites excluding steroid dienone is 4. The third kappa shape index (κ3) is 5.23. The van der Waals surface area contributed by atoms with E-state index in [1.54, 1.807) is 0 Å². The number of rotatable bonds is 5. The second-order valence-corrected chi connectivity index (χ2v) is 10.5. The molecule has 0 amide bonds. The Bertz CT molecular complexity index is 903. The molecule has 0 fully saturated rings. The van der Waals surface area contributed by atoms with Gasteiger partial charge in [-0.05, 0) is 35.8 Å². The molecule has 0 N–H and O–H groups in total. The van der Waals surface area contributed by atoms with Crippen LogP contribution in [0.3, 0.4) is 0 Å². The standard InChI is InChI=1S/C25H23P.2ClH.Ni/c1-2-25(19-11-12-20-25)23-17-9-10-18-24(23)26(21-13-5-3-6-14-21)22-15-7-4-8-16-22;;;/h3-20H,2H2,1H3;2*1H;/q;;;+2/p-2. The van der Waals surface area contributed by atoms with Gasteiger partial charge >= 0.3 is 33.0 Å². The van der Waals surface area contributed by atoms with Gasteiger partial charge < -0.3 is 0 Å². The van der Waals surface area contributed by atoms with Crippen LogP contribution in [-0.4, -0.2) is 0 Å². The summed E-state index contributed by atoms with van der Waals surface area (Å²) in [5, 5.41) is 4.26. The molecule has 0 spiro atoms. The summed E-state index contributed by atoms with van der Waals surface area (Å²) >= 11 is 0.569. The molecule has 0 bridgehead atoms. The van der Waals surface area contributed by atoms with E-state index < -0.39 is 7.92 Å². The summed E-state index contributed by atoms with van der Waals surface area (Å²) in [5.41, 5.74) is 1.45. The van der Waals surface area contributed by atoms with Crippen LogP contribution in [0.2, 0.25) is 0 Å². The summed E-state index contributed by atoms with van der Waals surface area (Å²) in [6, 6.07) is 30.9. The van der Waals surface area contributed by atoms with Gasteiger partial charge in [0, 0.05) is 5.41 Å². The number of benzene rings is 3. The molecule has 0 radical (unpaired) electrons. The summed E-state index contributed by atoms with van der Waals surface area (Å²) in [6.45, 7) is 2.28. The first kappa shape index (κ1) is 22.3. The first-order valence-corrected chi connectivity index (χ1v) is 13.5. The molecule has 0 saturated heterocycles. The summed E-state index contributed by atoms with van der Waals surface area (Å²) in [6.07, 6.45) is 10.2. The third-order valence-electron chi connectivity index (χ3n) is 5.16. The number of hydrogen-bond acceptors (Lipinski definition) is 0. The van der Waals surface area contributed by atoms with Gasteiger partial charge in [-0.1, -0.05) is 116 Å². The molecular weight excluding hydrogens is 461 g/mol. The Balaban J connectivity index is 0.000000755. The topological polar surface area (TPSA) is 0 Å². The summed E-state index contributed by atoms with van der Waals surface area (Å²) in [4.78, 5) is 0. The van der Waals surface area contributed by atoms with Crippen molar-refractivity contribution >= 4 is 44.2 Å². The van der Waals surface area contributed by atoms with E-state index in [0.717, 1.165) is 6.42 Å². The molecule has 0 atom stereocenters. The molecule has 29 heavy (non-hydrogen) atoms. The van der Waals surface area contributed by atoms with E-state index in [9.17, 15) is 0 Å². The van der Waals surface area contributed by atoms with E-state index >= 15 is 0 Å². The zero-order valence-corrected chi connectivity index (χ0v) is 19.5. The van der Waals surface area contributed by atoms with Crippen molar-refractivity contribution in [2.24, 2.45) is 0 Å². The Kier molecular flexibility index (Phi) is 8.58. The van der Waals surface area contributed by atoms with E-state index in [1.165, 1.54) is 21.5 Å². The Labute approximate surface area is 189 Å². The maximum atomic E-state index is 4.70. The summed E-state index contributed by atoms with van der Waals surface area (Å²) in [5.74, 6) is 0. The molecule has 1 aliphatic rings. The van der Waals surface area contributed by atoms with Gasteiger partial charge in [0.15, 0.2) is 0 Å². The normalized spacial score (nSPS) is 14.1. The molecule has 152 valence electrons. The number of hydrogen-bond donors (Lipinski definition) is 0. The van der Waals surface area contributed by atoms with E-state index in [4.69, 9.17) is 20.4 Å². The van der Waals surface area contributed by atoms with Gasteiger partial charge in [-0.2, -0.15) is 0 Å². The van der Waals surface area contributed by atoms with Crippen LogP contribution in [0, 0.1) is 0 Å². The van der Waals surface area contributed by atoms with Crippen molar-refractivity contribution in [2.45, 2.75) is 18.8 Å². The zero-order chi connectivity index (χ0) is 20.5. The Morgan fingerprint density at radius 2 is 1.17 bits per heavy atom. The van der Waals surface area contributed by atoms with Crippen LogP contribution < -0.4 is 15.9 Å². The van der Waals surface area contributed by atoms with E-state index in [2.05, 4.69) is 116 Å². The Hall–Kier alpha value is -1.36. The maximum absolute atomic E-state index is 4.70. The molecule has 0 aliphatic heterocycles. The molecule has 0 heterocycles. The summed E-state index contributed by atoms with van der Waals surface area (Å²) in [7, 11) is 8.81. The molecule has 0 saturated carbocycles. The second kappa shape index (κ2) is 11.1. The molecule has 3 aromatic rings. The molecule has 4 heteroatoms. The average Bonchev–Trinajstić information content (AvgIpc) is 3.27. The molecule has 0 aromatic heterocycles. The zero-order valence-electron chi connectivity index (χ0n) is 16.1. The van der Waals surface area contributed by atoms with Crippen molar-refractivity contribution in [3.05, 3.63) is 115 Å². The van der Waals surface area contributed by atoms with Crippen LogP contribution in [-0.2, 0) is 18.1 Å². The fourth-order valence-corrected chi connectivity index (χ4v) is 6.31. The van der Waals surface area contributed by atoms with Gasteiger partial charge in [0.1, 0.15) is 0 Å². The molecular formula is C25H23Cl2NiP. The van der Waals surface area contributed by atoms with Gasteiger partial charge in [-0.15, -0.1) is 0 Å². The van der Waals surface area contributed by atoms with Crippen molar-refractivity contribution in [2.75, 3.05) is 0 Å². The predicted octanol–water partition coefficient (Wildman–Crippen LogP) is 6.60. The van der Waals surface area contributed by atoms with Crippen molar-refractivity contribution in [1.29, 1.82) is 0 Å². The van der Waals surface area contributed by atoms with Crippen molar-refractivity contribution in [1.82, 2.24) is 0 Å². The van der Waals surface area contributed by atoms with Gasteiger partial charge in [0.25, 0.3) is 0 Å². The Morgan fingerprint density at radius 1 is 0.724 bits per heavy atom. The first-order chi connectivity index (χ1) is 14.3. The quantitative estimate of drug-likeness (QED) is 0.283. The molecule has 4 rings (SSSR count). The minimum absolute atomic E-state index is 0.0146. The van der Waals surface area contributed by atoms with Crippen LogP contribution >= 0.6 is 28.3 Å². The van der Waals surface area contributed by atoms with Crippen molar-refractivity contribution in [3.8, 4) is 0 Å². The average molecular weight is 484 g/mol.